The molecule has 0 fully saturated rings. The molecule has 0 bridgehead atoms. The maximum Gasteiger partial charge on any atom is 0.251 e. The first-order valence-corrected chi connectivity index (χ1v) is 11.4. The lowest BCUT2D eigenvalue weighted by Crippen LogP contribution is -2.23. The van der Waals surface area contributed by atoms with Gasteiger partial charge in [-0.3, -0.25) is 19.8 Å². The number of carbonyl (C=O) groups excluding carboxylic acids is 1. The summed E-state index contributed by atoms with van der Waals surface area (Å²) in [5, 5.41) is 4.12. The highest BCUT2D eigenvalue weighted by atomic mass is 16.1. The predicted octanol–water partition coefficient (Wildman–Crippen LogP) is 4.36. The molecule has 34 heavy (non-hydrogen) atoms. The number of pyridine rings is 2. The van der Waals surface area contributed by atoms with E-state index in [0.717, 1.165) is 50.8 Å². The largest absolute Gasteiger partial charge is 0.384 e. The highest BCUT2D eigenvalue weighted by Crippen LogP contribution is 2.18. The summed E-state index contributed by atoms with van der Waals surface area (Å²) in [4.78, 5) is 25.8. The predicted molar refractivity (Wildman–Crippen MR) is 137 cm³/mol. The van der Waals surface area contributed by atoms with Gasteiger partial charge < -0.3 is 11.1 Å². The van der Waals surface area contributed by atoms with Crippen LogP contribution < -0.4 is 11.1 Å². The zero-order valence-corrected chi connectivity index (χ0v) is 19.8. The Hall–Kier alpha value is -4.06. The first kappa shape index (κ1) is 23.1. The molecule has 6 nitrogen and oxygen atoms in total. The molecule has 2 aromatic heterocycles. The molecule has 0 aliphatic heterocycles. The standard InChI is InChI=1S/C28H29N5O/c1-4-21-13-20(5-7-25(21)27(29)30-3)17-33-28(34)22-9-10-31-24(15-22)14-19-6-8-26-23(12-19)11-18(2)16-32-26/h5-13,15-16H,4,14,17H2,1-3H3,(H2,29,30)(H,33,34). The molecule has 0 spiro atoms. The number of hydrogen-bond acceptors (Lipinski definition) is 4. The van der Waals surface area contributed by atoms with Crippen LogP contribution >= 0.6 is 0 Å². The number of nitrogens with one attached hydrogen (secondary N) is 1. The van der Waals surface area contributed by atoms with E-state index in [4.69, 9.17) is 5.73 Å². The van der Waals surface area contributed by atoms with E-state index in [1.165, 1.54) is 0 Å². The van der Waals surface area contributed by atoms with Gasteiger partial charge in [0, 0.05) is 54.6 Å². The first-order valence-electron chi connectivity index (χ1n) is 11.4. The Balaban J connectivity index is 1.45. The summed E-state index contributed by atoms with van der Waals surface area (Å²) in [5.41, 5.74) is 13.7. The molecule has 0 saturated heterocycles. The molecule has 0 atom stereocenters. The number of rotatable bonds is 7. The molecule has 0 radical (unpaired) electrons. The fourth-order valence-corrected chi connectivity index (χ4v) is 4.03. The van der Waals surface area contributed by atoms with Crippen molar-refractivity contribution < 1.29 is 4.79 Å². The Morgan fingerprint density at radius 1 is 1.03 bits per heavy atom. The SMILES string of the molecule is CCc1cc(CNC(=O)c2ccnc(Cc3ccc4ncc(C)cc4c3)c2)ccc1C(N)=NC. The van der Waals surface area contributed by atoms with Gasteiger partial charge in [0.15, 0.2) is 0 Å². The summed E-state index contributed by atoms with van der Waals surface area (Å²) in [7, 11) is 1.68. The van der Waals surface area contributed by atoms with E-state index < -0.39 is 0 Å². The van der Waals surface area contributed by atoms with Gasteiger partial charge in [-0.15, -0.1) is 0 Å². The molecule has 0 aliphatic rings. The Morgan fingerprint density at radius 3 is 2.65 bits per heavy atom. The minimum absolute atomic E-state index is 0.126. The van der Waals surface area contributed by atoms with Crippen LogP contribution in [0.5, 0.6) is 0 Å². The topological polar surface area (TPSA) is 93.3 Å². The molecule has 2 aromatic carbocycles. The fraction of sp³-hybridized carbons (Fsp3) is 0.214. The summed E-state index contributed by atoms with van der Waals surface area (Å²) in [6.45, 7) is 4.55. The van der Waals surface area contributed by atoms with Crippen LogP contribution in [0.2, 0.25) is 0 Å². The lowest BCUT2D eigenvalue weighted by atomic mass is 10.0. The molecule has 6 heteroatoms. The molecule has 3 N–H and O–H groups in total. The third-order valence-electron chi connectivity index (χ3n) is 5.87. The van der Waals surface area contributed by atoms with Gasteiger partial charge in [0.2, 0.25) is 0 Å². The van der Waals surface area contributed by atoms with Crippen LogP contribution in [0.15, 0.2) is 72.0 Å². The van der Waals surface area contributed by atoms with Gasteiger partial charge in [-0.1, -0.05) is 31.2 Å². The number of nitrogens with two attached hydrogens (primary N) is 1. The number of hydrogen-bond donors (Lipinski definition) is 2. The second-order valence-corrected chi connectivity index (χ2v) is 8.39. The van der Waals surface area contributed by atoms with Gasteiger partial charge >= 0.3 is 0 Å². The molecule has 0 saturated carbocycles. The van der Waals surface area contributed by atoms with Crippen LogP contribution in [0.4, 0.5) is 0 Å². The van der Waals surface area contributed by atoms with Crippen LogP contribution in [-0.2, 0) is 19.4 Å². The maximum absolute atomic E-state index is 12.8. The minimum atomic E-state index is -0.126. The van der Waals surface area contributed by atoms with Crippen molar-refractivity contribution in [3.8, 4) is 0 Å². The monoisotopic (exact) mass is 451 g/mol. The smallest absolute Gasteiger partial charge is 0.251 e. The van der Waals surface area contributed by atoms with Crippen LogP contribution in [0, 0.1) is 6.92 Å². The molecular formula is C28H29N5O. The summed E-state index contributed by atoms with van der Waals surface area (Å²) in [6.07, 6.45) is 5.05. The van der Waals surface area contributed by atoms with E-state index in [9.17, 15) is 4.79 Å². The number of fused-ring (bicyclic) bond motifs is 1. The van der Waals surface area contributed by atoms with Crippen LogP contribution in [0.3, 0.4) is 0 Å². The number of benzene rings is 2. The molecule has 172 valence electrons. The Labute approximate surface area is 200 Å². The summed E-state index contributed by atoms with van der Waals surface area (Å²) in [5.74, 6) is 0.397. The fourth-order valence-electron chi connectivity index (χ4n) is 4.03. The lowest BCUT2D eigenvalue weighted by Gasteiger charge is -2.11. The van der Waals surface area contributed by atoms with Crippen molar-refractivity contribution in [1.29, 1.82) is 0 Å². The maximum atomic E-state index is 12.8. The van der Waals surface area contributed by atoms with E-state index in [0.29, 0.717) is 24.4 Å². The third-order valence-corrected chi connectivity index (χ3v) is 5.87. The molecular weight excluding hydrogens is 422 g/mol. The van der Waals surface area contributed by atoms with Gasteiger partial charge in [-0.05, 0) is 65.9 Å². The van der Waals surface area contributed by atoms with Crippen molar-refractivity contribution in [2.24, 2.45) is 10.7 Å². The summed E-state index contributed by atoms with van der Waals surface area (Å²) >= 11 is 0. The second-order valence-electron chi connectivity index (χ2n) is 8.39. The zero-order valence-electron chi connectivity index (χ0n) is 19.8. The number of aryl methyl sites for hydroxylation is 2. The first-order chi connectivity index (χ1) is 16.5. The molecule has 4 aromatic rings. The van der Waals surface area contributed by atoms with Crippen molar-refractivity contribution in [3.63, 3.8) is 0 Å². The molecule has 1 amide bonds. The zero-order chi connectivity index (χ0) is 24.1. The Morgan fingerprint density at radius 2 is 1.85 bits per heavy atom. The van der Waals surface area contributed by atoms with Gasteiger partial charge in [-0.25, -0.2) is 0 Å². The molecule has 0 unspecified atom stereocenters. The number of nitrogens with zero attached hydrogens (tertiary/aromatic N) is 3. The second kappa shape index (κ2) is 10.3. The Bertz CT molecular complexity index is 1380. The highest BCUT2D eigenvalue weighted by molar-refractivity contribution is 5.99. The number of amidine groups is 1. The highest BCUT2D eigenvalue weighted by Gasteiger charge is 2.10. The van der Waals surface area contributed by atoms with Crippen LogP contribution in [0.25, 0.3) is 10.9 Å². The average Bonchev–Trinajstić information content (AvgIpc) is 2.86. The molecule has 0 aliphatic carbocycles. The van der Waals surface area contributed by atoms with Crippen molar-refractivity contribution >= 4 is 22.6 Å². The summed E-state index contributed by atoms with van der Waals surface area (Å²) in [6, 6.07) is 18.0. The quantitative estimate of drug-likeness (QED) is 0.323. The normalized spacial score (nSPS) is 11.6. The number of amides is 1. The molecule has 2 heterocycles. The third kappa shape index (κ3) is 5.29. The Kier molecular flexibility index (Phi) is 6.97. The van der Waals surface area contributed by atoms with E-state index in [-0.39, 0.29) is 5.91 Å². The van der Waals surface area contributed by atoms with E-state index in [1.807, 2.05) is 37.4 Å². The van der Waals surface area contributed by atoms with Crippen molar-refractivity contribution in [2.75, 3.05) is 7.05 Å². The number of aromatic nitrogens is 2. The van der Waals surface area contributed by atoms with E-state index in [2.05, 4.69) is 51.5 Å². The van der Waals surface area contributed by atoms with Gasteiger partial charge in [0.25, 0.3) is 5.91 Å². The van der Waals surface area contributed by atoms with Gasteiger partial charge in [0.1, 0.15) is 5.84 Å². The van der Waals surface area contributed by atoms with Crippen molar-refractivity contribution in [1.82, 2.24) is 15.3 Å². The van der Waals surface area contributed by atoms with Gasteiger partial charge in [0.05, 0.1) is 5.52 Å². The van der Waals surface area contributed by atoms with Crippen LogP contribution in [-0.4, -0.2) is 28.8 Å². The number of carbonyl (C=O) groups is 1. The minimum Gasteiger partial charge on any atom is -0.384 e. The number of aliphatic imine (C=N–C) groups is 1. The lowest BCUT2D eigenvalue weighted by molar-refractivity contribution is 0.0950. The summed E-state index contributed by atoms with van der Waals surface area (Å²) < 4.78 is 0. The van der Waals surface area contributed by atoms with E-state index in [1.54, 1.807) is 19.3 Å². The average molecular weight is 452 g/mol. The van der Waals surface area contributed by atoms with Crippen molar-refractivity contribution in [2.45, 2.75) is 33.2 Å². The van der Waals surface area contributed by atoms with E-state index >= 15 is 0 Å². The van der Waals surface area contributed by atoms with Crippen molar-refractivity contribution in [3.05, 3.63) is 106 Å². The van der Waals surface area contributed by atoms with Gasteiger partial charge in [-0.2, -0.15) is 0 Å². The van der Waals surface area contributed by atoms with Crippen LogP contribution in [0.1, 0.15) is 50.8 Å². The molecule has 4 rings (SSSR count).